The molecule has 0 fully saturated rings. The number of carbonyl (C=O) groups is 3. The Morgan fingerprint density at radius 1 is 1.15 bits per heavy atom. The normalized spacial score (nSPS) is 20.7. The number of phenols is 2. The van der Waals surface area contributed by atoms with Gasteiger partial charge in [-0.15, -0.1) is 0 Å². The summed E-state index contributed by atoms with van der Waals surface area (Å²) in [6.07, 6.45) is 0.365. The van der Waals surface area contributed by atoms with E-state index in [2.05, 4.69) is 4.98 Å². The lowest BCUT2D eigenvalue weighted by Crippen LogP contribution is -2.28. The molecule has 3 N–H and O–H groups in total. The van der Waals surface area contributed by atoms with Gasteiger partial charge in [0.1, 0.15) is 23.0 Å². The van der Waals surface area contributed by atoms with Crippen molar-refractivity contribution in [3.8, 4) is 11.5 Å². The Bertz CT molecular complexity index is 1060. The fraction of sp³-hybridized carbons (Fsp3) is 0.300. The van der Waals surface area contributed by atoms with E-state index < -0.39 is 35.1 Å². The number of aryl methyl sites for hydroxylation is 1. The van der Waals surface area contributed by atoms with Crippen LogP contribution >= 0.6 is 0 Å². The third-order valence-corrected chi connectivity index (χ3v) is 5.39. The molecule has 2 aliphatic rings. The summed E-state index contributed by atoms with van der Waals surface area (Å²) < 4.78 is 0. The average molecular weight is 367 g/mol. The van der Waals surface area contributed by atoms with Crippen molar-refractivity contribution in [2.75, 3.05) is 0 Å². The van der Waals surface area contributed by atoms with Gasteiger partial charge in [-0.2, -0.15) is 0 Å². The molecule has 4 rings (SSSR count). The number of rotatable bonds is 1. The monoisotopic (exact) mass is 367 g/mol. The van der Waals surface area contributed by atoms with Crippen LogP contribution in [0.15, 0.2) is 12.3 Å². The molecule has 0 aliphatic heterocycles. The smallest absolute Gasteiger partial charge is 0.216 e. The van der Waals surface area contributed by atoms with Crippen LogP contribution in [-0.2, 0) is 11.2 Å². The molecule has 2 aliphatic carbocycles. The maximum absolute atomic E-state index is 13.0. The van der Waals surface area contributed by atoms with Gasteiger partial charge in [-0.05, 0) is 38.3 Å². The molecule has 1 aromatic carbocycles. The van der Waals surface area contributed by atoms with Gasteiger partial charge in [0.05, 0.1) is 22.8 Å². The molecule has 1 aromatic heterocycles. The van der Waals surface area contributed by atoms with Crippen molar-refractivity contribution in [1.29, 1.82) is 0 Å². The summed E-state index contributed by atoms with van der Waals surface area (Å²) in [5.74, 6) is -3.00. The number of ketones is 3. The lowest BCUT2D eigenvalue weighted by molar-refractivity contribution is -0.122. The van der Waals surface area contributed by atoms with Crippen LogP contribution in [0.1, 0.15) is 68.1 Å². The highest BCUT2D eigenvalue weighted by Crippen LogP contribution is 2.49. The first-order valence-corrected chi connectivity index (χ1v) is 8.57. The van der Waals surface area contributed by atoms with E-state index in [4.69, 9.17) is 0 Å². The van der Waals surface area contributed by atoms with E-state index in [-0.39, 0.29) is 52.1 Å². The fourth-order valence-electron chi connectivity index (χ4n) is 4.00. The molecule has 0 radical (unpaired) electrons. The molecule has 2 unspecified atom stereocenters. The summed E-state index contributed by atoms with van der Waals surface area (Å²) in [5, 5.41) is 31.9. The number of phenolic OH excluding ortho intramolecular Hbond substituents is 2. The number of benzene rings is 1. The summed E-state index contributed by atoms with van der Waals surface area (Å²) in [4.78, 5) is 41.6. The van der Waals surface area contributed by atoms with Crippen LogP contribution in [0, 0.1) is 12.8 Å². The maximum atomic E-state index is 13.0. The third kappa shape index (κ3) is 2.31. The summed E-state index contributed by atoms with van der Waals surface area (Å²) in [6.45, 7) is 3.11. The van der Waals surface area contributed by atoms with Gasteiger partial charge in [-0.3, -0.25) is 19.4 Å². The molecule has 2 aromatic rings. The summed E-state index contributed by atoms with van der Waals surface area (Å²) in [7, 11) is 0. The van der Waals surface area contributed by atoms with E-state index in [1.54, 1.807) is 6.92 Å². The standard InChI is InChI=1S/C20H17NO6/c1-7-3-11-16(21-6-7)20(27)15-14(18(11)25)17(24)10-4-9(8(2)22)5-12(23)13(10)19(15)26/h3,6,9,12,23-24,26H,4-5H2,1-2H3. The summed E-state index contributed by atoms with van der Waals surface area (Å²) >= 11 is 0. The fourth-order valence-corrected chi connectivity index (χ4v) is 4.00. The molecule has 0 amide bonds. The molecule has 0 saturated carbocycles. The zero-order valence-electron chi connectivity index (χ0n) is 14.7. The highest BCUT2D eigenvalue weighted by Gasteiger charge is 2.42. The van der Waals surface area contributed by atoms with Gasteiger partial charge in [-0.1, -0.05) is 0 Å². The predicted molar refractivity (Wildman–Crippen MR) is 93.1 cm³/mol. The zero-order chi connectivity index (χ0) is 19.6. The van der Waals surface area contributed by atoms with Crippen LogP contribution < -0.4 is 0 Å². The first-order valence-electron chi connectivity index (χ1n) is 8.57. The van der Waals surface area contributed by atoms with Crippen LogP contribution in [0.4, 0.5) is 0 Å². The molecule has 7 nitrogen and oxygen atoms in total. The van der Waals surface area contributed by atoms with Gasteiger partial charge < -0.3 is 15.3 Å². The van der Waals surface area contributed by atoms with Crippen LogP contribution in [-0.4, -0.2) is 37.7 Å². The minimum atomic E-state index is -1.23. The molecular weight excluding hydrogens is 350 g/mol. The van der Waals surface area contributed by atoms with E-state index in [1.807, 2.05) is 0 Å². The van der Waals surface area contributed by atoms with E-state index in [0.717, 1.165) is 0 Å². The number of aromatic nitrogens is 1. The Morgan fingerprint density at radius 2 is 1.81 bits per heavy atom. The van der Waals surface area contributed by atoms with Gasteiger partial charge >= 0.3 is 0 Å². The molecule has 0 spiro atoms. The largest absolute Gasteiger partial charge is 0.507 e. The number of fused-ring (bicyclic) bond motifs is 3. The zero-order valence-corrected chi connectivity index (χ0v) is 14.7. The van der Waals surface area contributed by atoms with E-state index in [1.165, 1.54) is 19.2 Å². The number of carbonyl (C=O) groups excluding carboxylic acids is 3. The van der Waals surface area contributed by atoms with Crippen molar-refractivity contribution in [3.63, 3.8) is 0 Å². The van der Waals surface area contributed by atoms with E-state index >= 15 is 0 Å². The first-order chi connectivity index (χ1) is 12.7. The lowest BCUT2D eigenvalue weighted by Gasteiger charge is -2.31. The number of aliphatic hydroxyl groups excluding tert-OH is 1. The minimum absolute atomic E-state index is 0.000427. The Kier molecular flexibility index (Phi) is 3.68. The van der Waals surface area contributed by atoms with Crippen molar-refractivity contribution in [2.24, 2.45) is 5.92 Å². The molecule has 1 heterocycles. The SMILES string of the molecule is CC(=O)C1Cc2c(O)c3c(c(O)c2C(O)C1)C(=O)c1ncc(C)cc1C3=O. The van der Waals surface area contributed by atoms with Crippen molar-refractivity contribution in [2.45, 2.75) is 32.8 Å². The quantitative estimate of drug-likeness (QED) is 0.560. The van der Waals surface area contributed by atoms with E-state index in [9.17, 15) is 29.7 Å². The second-order valence-corrected chi connectivity index (χ2v) is 7.17. The molecule has 0 bridgehead atoms. The predicted octanol–water partition coefficient (Wildman–Crippen LogP) is 1.76. The molecule has 27 heavy (non-hydrogen) atoms. The minimum Gasteiger partial charge on any atom is -0.507 e. The summed E-state index contributed by atoms with van der Waals surface area (Å²) in [6, 6.07) is 1.51. The number of aromatic hydroxyl groups is 2. The number of aliphatic hydroxyl groups is 1. The number of Topliss-reactive ketones (excluding diaryl/α,β-unsaturated/α-hetero) is 1. The van der Waals surface area contributed by atoms with Crippen LogP contribution in [0.2, 0.25) is 0 Å². The second-order valence-electron chi connectivity index (χ2n) is 7.17. The van der Waals surface area contributed by atoms with Gasteiger partial charge in [-0.25, -0.2) is 0 Å². The highest BCUT2D eigenvalue weighted by molar-refractivity contribution is 6.29. The first kappa shape index (κ1) is 17.4. The van der Waals surface area contributed by atoms with Gasteiger partial charge in [0.2, 0.25) is 5.78 Å². The number of hydrogen-bond donors (Lipinski definition) is 3. The molecule has 138 valence electrons. The molecule has 7 heteroatoms. The summed E-state index contributed by atoms with van der Waals surface area (Å²) in [5.41, 5.74) is 0.122. The van der Waals surface area contributed by atoms with Crippen molar-refractivity contribution in [1.82, 2.24) is 4.98 Å². The Hall–Kier alpha value is -3.06. The van der Waals surface area contributed by atoms with Gasteiger partial charge in [0.15, 0.2) is 5.78 Å². The van der Waals surface area contributed by atoms with Crippen LogP contribution in [0.5, 0.6) is 11.5 Å². The van der Waals surface area contributed by atoms with Gasteiger partial charge in [0, 0.05) is 23.2 Å². The van der Waals surface area contributed by atoms with Gasteiger partial charge in [0.25, 0.3) is 0 Å². The third-order valence-electron chi connectivity index (χ3n) is 5.39. The highest BCUT2D eigenvalue weighted by atomic mass is 16.3. The molecule has 0 saturated heterocycles. The Labute approximate surface area is 154 Å². The van der Waals surface area contributed by atoms with Crippen LogP contribution in [0.25, 0.3) is 0 Å². The van der Waals surface area contributed by atoms with Crippen molar-refractivity contribution < 1.29 is 29.7 Å². The average Bonchev–Trinajstić information content (AvgIpc) is 2.61. The molecular formula is C20H17NO6. The Balaban J connectivity index is 2.02. The second kappa shape index (κ2) is 5.72. The molecule has 2 atom stereocenters. The lowest BCUT2D eigenvalue weighted by atomic mass is 9.74. The number of hydrogen-bond acceptors (Lipinski definition) is 7. The van der Waals surface area contributed by atoms with Crippen molar-refractivity contribution >= 4 is 17.3 Å². The van der Waals surface area contributed by atoms with Crippen molar-refractivity contribution in [3.05, 3.63) is 51.3 Å². The topological polar surface area (TPSA) is 125 Å². The Morgan fingerprint density at radius 3 is 2.48 bits per heavy atom. The van der Waals surface area contributed by atoms with Crippen LogP contribution in [0.3, 0.4) is 0 Å². The number of nitrogens with zero attached hydrogens (tertiary/aromatic N) is 1. The maximum Gasteiger partial charge on any atom is 0.216 e. The van der Waals surface area contributed by atoms with E-state index in [0.29, 0.717) is 5.56 Å². The number of pyridine rings is 1.